The fourth-order valence-electron chi connectivity index (χ4n) is 2.19. The highest BCUT2D eigenvalue weighted by Gasteiger charge is 2.05. The molecule has 0 bridgehead atoms. The highest BCUT2D eigenvalue weighted by atomic mass is 32.2. The molecule has 1 atom stereocenters. The van der Waals surface area contributed by atoms with E-state index in [0.29, 0.717) is 17.9 Å². The van der Waals surface area contributed by atoms with Crippen molar-refractivity contribution in [3.8, 4) is 11.5 Å². The van der Waals surface area contributed by atoms with Gasteiger partial charge in [-0.3, -0.25) is 0 Å². The number of hydrogen-bond donors (Lipinski definition) is 1. The van der Waals surface area contributed by atoms with Crippen molar-refractivity contribution in [3.05, 3.63) is 65.7 Å². The van der Waals surface area contributed by atoms with Gasteiger partial charge in [-0.1, -0.05) is 48.6 Å². The second kappa shape index (κ2) is 9.33. The minimum absolute atomic E-state index is 0.499. The van der Waals surface area contributed by atoms with Gasteiger partial charge in [-0.25, -0.2) is 0 Å². The van der Waals surface area contributed by atoms with Gasteiger partial charge < -0.3 is 14.0 Å². The summed E-state index contributed by atoms with van der Waals surface area (Å²) in [5.41, 5.74) is 2.13. The van der Waals surface area contributed by atoms with Gasteiger partial charge in [-0.05, 0) is 49.3 Å². The molecule has 0 aliphatic carbocycles. The summed E-state index contributed by atoms with van der Waals surface area (Å²) in [4.78, 5) is 0. The molecule has 1 N–H and O–H groups in total. The van der Waals surface area contributed by atoms with Crippen molar-refractivity contribution < 1.29 is 14.0 Å². The molecule has 0 saturated carbocycles. The summed E-state index contributed by atoms with van der Waals surface area (Å²) in [7, 11) is 2.68. The largest absolute Gasteiger partial charge is 0.493 e. The van der Waals surface area contributed by atoms with Crippen LogP contribution in [0.25, 0.3) is 6.08 Å². The molecule has 3 nitrogen and oxygen atoms in total. The summed E-state index contributed by atoms with van der Waals surface area (Å²) < 4.78 is 17.6. The van der Waals surface area contributed by atoms with Gasteiger partial charge in [-0.15, -0.1) is 0 Å². The molecular formula is C18H20BO3S. The molecule has 0 aromatic heterocycles. The van der Waals surface area contributed by atoms with E-state index in [4.69, 9.17) is 10.3 Å². The Bertz CT molecular complexity index is 652. The van der Waals surface area contributed by atoms with Crippen molar-refractivity contribution in [2.45, 2.75) is 18.9 Å². The van der Waals surface area contributed by atoms with Crippen LogP contribution in [-0.2, 0) is 6.42 Å². The fourth-order valence-corrected chi connectivity index (χ4v) is 2.43. The normalized spacial score (nSPS) is 12.7. The van der Waals surface area contributed by atoms with Crippen molar-refractivity contribution in [1.29, 1.82) is 1.34 Å². The highest BCUT2D eigenvalue weighted by Crippen LogP contribution is 2.30. The molecule has 0 heterocycles. The van der Waals surface area contributed by atoms with E-state index in [1.807, 2.05) is 36.4 Å². The van der Waals surface area contributed by atoms with Gasteiger partial charge >= 0.3 is 0 Å². The molecule has 1 unspecified atom stereocenters. The number of hydrogen-bond acceptors (Lipinski definition) is 4. The average molecular weight is 329 g/mol. The molecule has 0 fully saturated rings. The number of benzene rings is 2. The summed E-state index contributed by atoms with van der Waals surface area (Å²) in [5.74, 6) is 1.15. The van der Waals surface area contributed by atoms with Crippen molar-refractivity contribution in [2.75, 3.05) is 7.11 Å². The Morgan fingerprint density at radius 3 is 2.83 bits per heavy atom. The van der Waals surface area contributed by atoms with E-state index in [0.717, 1.165) is 31.0 Å². The monoisotopic (exact) mass is 329 g/mol. The second-order valence-corrected chi connectivity index (χ2v) is 5.40. The summed E-state index contributed by atoms with van der Waals surface area (Å²) in [6.45, 7) is 0. The Labute approximate surface area is 144 Å². The summed E-state index contributed by atoms with van der Waals surface area (Å²) >= 11 is 0.923. The minimum Gasteiger partial charge on any atom is -0.493 e. The van der Waals surface area contributed by atoms with E-state index in [1.54, 1.807) is 19.3 Å². The summed E-state index contributed by atoms with van der Waals surface area (Å²) in [6, 6.07) is 15.6. The number of ether oxygens (including phenoxy) is 1. The molecule has 5 heteroatoms. The third-order valence-electron chi connectivity index (χ3n) is 3.41. The average Bonchev–Trinajstić information content (AvgIpc) is 2.64. The molecule has 2 aromatic carbocycles. The quantitative estimate of drug-likeness (QED) is 0.564. The third kappa shape index (κ3) is 5.69. The van der Waals surface area contributed by atoms with Crippen LogP contribution in [0.2, 0.25) is 0 Å². The van der Waals surface area contributed by atoms with Crippen molar-refractivity contribution >= 4 is 25.1 Å². The van der Waals surface area contributed by atoms with Gasteiger partial charge in [0.2, 0.25) is 7.09 Å². The van der Waals surface area contributed by atoms with Crippen LogP contribution in [0, 0.1) is 0 Å². The number of rotatable bonds is 9. The predicted octanol–water partition coefficient (Wildman–Crippen LogP) is 3.54. The second-order valence-electron chi connectivity index (χ2n) is 5.04. The van der Waals surface area contributed by atoms with Gasteiger partial charge in [-0.2, -0.15) is 0 Å². The van der Waals surface area contributed by atoms with E-state index >= 15 is 0 Å². The number of aliphatic hydroxyl groups excluding tert-OH is 1. The molecule has 0 amide bonds. The molecule has 119 valence electrons. The Hall–Kier alpha value is -1.85. The zero-order chi connectivity index (χ0) is 17.2. The van der Waals surface area contributed by atoms with E-state index < -0.39 is 6.10 Å². The van der Waals surface area contributed by atoms with Crippen LogP contribution in [0.1, 0.15) is 17.5 Å². The lowest BCUT2D eigenvalue weighted by atomic mass is 10.1. The van der Waals surface area contributed by atoms with Crippen molar-refractivity contribution in [2.24, 2.45) is 0 Å². The summed E-state index contributed by atoms with van der Waals surface area (Å²) in [5, 5.41) is 10.1. The zero-order valence-corrected chi connectivity index (χ0v) is 13.8. The van der Waals surface area contributed by atoms with E-state index in [-0.39, 0.29) is 0 Å². The van der Waals surface area contributed by atoms with Crippen molar-refractivity contribution in [1.82, 2.24) is 0 Å². The smallest absolute Gasteiger partial charge is 0.227 e. The maximum absolute atomic E-state index is 10.1. The molecular weight excluding hydrogens is 307 g/mol. The Balaban J connectivity index is 1.92. The highest BCUT2D eigenvalue weighted by molar-refractivity contribution is 8.16. The first-order valence-electron chi connectivity index (χ1n) is 7.92. The van der Waals surface area contributed by atoms with Crippen LogP contribution in [0.3, 0.4) is 0 Å². The maximum atomic E-state index is 10.1. The molecule has 1 radical (unpaired) electrons. The number of aryl methyl sites for hydroxylation is 1. The molecule has 2 rings (SSSR count). The van der Waals surface area contributed by atoms with Crippen LogP contribution >= 0.6 is 11.9 Å². The van der Waals surface area contributed by atoms with E-state index in [9.17, 15) is 5.11 Å². The third-order valence-corrected chi connectivity index (χ3v) is 3.68. The van der Waals surface area contributed by atoms with E-state index in [2.05, 4.69) is 12.1 Å². The molecule has 0 aliphatic heterocycles. The molecule has 23 heavy (non-hydrogen) atoms. The van der Waals surface area contributed by atoms with Crippen LogP contribution in [0.15, 0.2) is 54.6 Å². The Morgan fingerprint density at radius 2 is 2.09 bits per heavy atom. The van der Waals surface area contributed by atoms with E-state index in [1.165, 1.54) is 5.56 Å². The van der Waals surface area contributed by atoms with Gasteiger partial charge in [0.1, 0.15) is 0 Å². The predicted molar refractivity (Wildman–Crippen MR) is 98.2 cm³/mol. The first-order chi connectivity index (χ1) is 11.7. The van der Waals surface area contributed by atoms with Gasteiger partial charge in [0.15, 0.2) is 11.5 Å². The van der Waals surface area contributed by atoms with Gasteiger partial charge in [0, 0.05) is 0 Å². The van der Waals surface area contributed by atoms with Gasteiger partial charge in [0.25, 0.3) is 0 Å². The first-order valence-corrected chi connectivity index (χ1v) is 8.15. The fraction of sp³-hybridized carbons (Fsp3) is 0.222. The lowest BCUT2D eigenvalue weighted by Crippen LogP contribution is -2.03. The van der Waals surface area contributed by atoms with Crippen LogP contribution in [-0.4, -0.2) is 26.7 Å². The lowest BCUT2D eigenvalue weighted by molar-refractivity contribution is 0.214. The number of methoxy groups -OCH3 is 1. The zero-order valence-electron chi connectivity index (χ0n) is 14.0. The van der Waals surface area contributed by atoms with Crippen LogP contribution in [0.4, 0.5) is 0 Å². The Morgan fingerprint density at radius 1 is 1.26 bits per heavy atom. The SMILES string of the molecule is [3H][B]SOc1ccc(/C=C/C(O)CCc2ccccc2)cc1OC. The van der Waals surface area contributed by atoms with Crippen LogP contribution < -0.4 is 8.92 Å². The van der Waals surface area contributed by atoms with Gasteiger partial charge in [0.05, 0.1) is 13.2 Å². The van der Waals surface area contributed by atoms with Crippen molar-refractivity contribution in [3.63, 3.8) is 0 Å². The molecule has 0 spiro atoms. The summed E-state index contributed by atoms with van der Waals surface area (Å²) in [6.07, 6.45) is 4.66. The molecule has 0 saturated heterocycles. The topological polar surface area (TPSA) is 38.7 Å². The standard InChI is InChI=1S/C18H20BO3S/c1-21-18-13-15(9-12-17(18)22-23-19)8-11-16(20)10-7-14-5-3-2-4-6-14/h2-6,8-9,11-13,16,19-20H,7,10H2,1H3/b11-8+/i19T. The lowest BCUT2D eigenvalue weighted by Gasteiger charge is -2.09. The maximum Gasteiger partial charge on any atom is 0.227 e. The van der Waals surface area contributed by atoms with Crippen LogP contribution in [0.5, 0.6) is 11.5 Å². The number of aliphatic hydroxyl groups is 1. The molecule has 2 aromatic rings. The Kier molecular flexibility index (Phi) is 6.50. The minimum atomic E-state index is -0.499. The first kappa shape index (κ1) is 16.0. The molecule has 0 aliphatic rings.